The third kappa shape index (κ3) is 6.90. The van der Waals surface area contributed by atoms with E-state index >= 15 is 0 Å². The van der Waals surface area contributed by atoms with Gasteiger partial charge in [-0.1, -0.05) is 64.4 Å². The molecule has 0 aliphatic carbocycles. The van der Waals surface area contributed by atoms with E-state index in [9.17, 15) is 4.79 Å². The van der Waals surface area contributed by atoms with E-state index in [0.29, 0.717) is 0 Å². The van der Waals surface area contributed by atoms with Gasteiger partial charge in [-0.15, -0.1) is 59.3 Å². The maximum atomic E-state index is 10.1. The van der Waals surface area contributed by atoms with Crippen LogP contribution in [0.3, 0.4) is 0 Å². The van der Waals surface area contributed by atoms with Gasteiger partial charge < -0.3 is 13.9 Å². The number of rotatable bonds is 3. The maximum Gasteiger partial charge on any atom is 0.354 e. The zero-order chi connectivity index (χ0) is 32.0. The molecule has 1 radical (unpaired) electrons. The molecule has 8 heteroatoms. The van der Waals surface area contributed by atoms with Gasteiger partial charge in [-0.3, -0.25) is 9.97 Å². The second kappa shape index (κ2) is 14.6. The van der Waals surface area contributed by atoms with Gasteiger partial charge in [-0.2, -0.15) is 0 Å². The zero-order valence-electron chi connectivity index (χ0n) is 25.2. The van der Waals surface area contributed by atoms with E-state index in [-0.39, 0.29) is 25.8 Å². The standard InChI is InChI=1S/2C17H10NO.C6H5NO2.Ir/c2*1-2-4-13-11-14(6-5-12(13)3-1)17-15-8-10-19-16(15)7-9-18-17;8-6(9)5-3-1-2-4-7-5;/h2*1-10H;1-4H,(H,8,9);/q2*-1;;. The molecule has 1 N–H and O–H groups in total. The van der Waals surface area contributed by atoms with E-state index in [0.717, 1.165) is 55.2 Å². The maximum absolute atomic E-state index is 10.1. The van der Waals surface area contributed by atoms with Gasteiger partial charge in [0.1, 0.15) is 16.9 Å². The molecule has 48 heavy (non-hydrogen) atoms. The molecule has 9 aromatic rings. The number of hydrogen-bond acceptors (Lipinski definition) is 6. The van der Waals surface area contributed by atoms with Crippen LogP contribution in [0.25, 0.3) is 66.0 Å². The van der Waals surface area contributed by atoms with Crippen LogP contribution in [0.1, 0.15) is 10.5 Å². The largest absolute Gasteiger partial charge is 0.477 e. The molecule has 5 heterocycles. The first kappa shape index (κ1) is 32.0. The molecule has 0 unspecified atom stereocenters. The Balaban J connectivity index is 0.000000132. The number of benzene rings is 4. The zero-order valence-corrected chi connectivity index (χ0v) is 27.6. The summed E-state index contributed by atoms with van der Waals surface area (Å²) in [6, 6.07) is 43.9. The monoisotopic (exact) mass is 804 g/mol. The first-order valence-corrected chi connectivity index (χ1v) is 14.8. The summed E-state index contributed by atoms with van der Waals surface area (Å²) >= 11 is 0. The second-order valence-corrected chi connectivity index (χ2v) is 10.4. The molecule has 235 valence electrons. The minimum Gasteiger partial charge on any atom is -0.477 e. The molecule has 0 spiro atoms. The van der Waals surface area contributed by atoms with Crippen LogP contribution in [-0.2, 0) is 20.1 Å². The molecule has 0 aliphatic rings. The average molecular weight is 804 g/mol. The van der Waals surface area contributed by atoms with Gasteiger partial charge in [0.05, 0.1) is 12.5 Å². The summed E-state index contributed by atoms with van der Waals surface area (Å²) in [7, 11) is 0. The molecule has 0 fully saturated rings. The van der Waals surface area contributed by atoms with Crippen LogP contribution in [0.5, 0.6) is 0 Å². The number of fused-ring (bicyclic) bond motifs is 4. The average Bonchev–Trinajstić information content (AvgIpc) is 3.82. The first-order chi connectivity index (χ1) is 23.1. The van der Waals surface area contributed by atoms with Crippen molar-refractivity contribution in [3.63, 3.8) is 0 Å². The Labute approximate surface area is 288 Å². The van der Waals surface area contributed by atoms with Crippen LogP contribution in [0.15, 0.2) is 155 Å². The molecule has 0 bridgehead atoms. The summed E-state index contributed by atoms with van der Waals surface area (Å²) < 4.78 is 10.8. The van der Waals surface area contributed by atoms with Crippen LogP contribution in [0.2, 0.25) is 0 Å². The Kier molecular flexibility index (Phi) is 9.77. The van der Waals surface area contributed by atoms with Crippen LogP contribution in [0, 0.1) is 12.1 Å². The van der Waals surface area contributed by atoms with Crippen molar-refractivity contribution in [2.45, 2.75) is 0 Å². The predicted octanol–water partition coefficient (Wildman–Crippen LogP) is 9.67. The van der Waals surface area contributed by atoms with Gasteiger partial charge in [0, 0.05) is 60.9 Å². The van der Waals surface area contributed by atoms with Crippen molar-refractivity contribution in [1.29, 1.82) is 0 Å². The van der Waals surface area contributed by atoms with Gasteiger partial charge in [-0.25, -0.2) is 9.78 Å². The van der Waals surface area contributed by atoms with Crippen LogP contribution < -0.4 is 0 Å². The number of nitrogens with zero attached hydrogens (tertiary/aromatic N) is 3. The third-order valence-corrected chi connectivity index (χ3v) is 7.47. The summed E-state index contributed by atoms with van der Waals surface area (Å²) in [4.78, 5) is 22.6. The number of furan rings is 2. The second-order valence-electron chi connectivity index (χ2n) is 10.4. The summed E-state index contributed by atoms with van der Waals surface area (Å²) in [6.07, 6.45) is 8.37. The fraction of sp³-hybridized carbons (Fsp3) is 0. The van der Waals surface area contributed by atoms with Crippen LogP contribution in [-0.4, -0.2) is 26.0 Å². The Hall–Kier alpha value is -5.95. The van der Waals surface area contributed by atoms with E-state index < -0.39 is 5.97 Å². The van der Waals surface area contributed by atoms with Crippen LogP contribution in [0.4, 0.5) is 0 Å². The minimum absolute atomic E-state index is 0. The molecular weight excluding hydrogens is 779 g/mol. The minimum atomic E-state index is -0.990. The summed E-state index contributed by atoms with van der Waals surface area (Å²) in [5.74, 6) is -0.990. The molecule has 7 nitrogen and oxygen atoms in total. The van der Waals surface area contributed by atoms with E-state index in [1.807, 2.05) is 48.5 Å². The first-order valence-electron chi connectivity index (χ1n) is 14.8. The number of carbonyl (C=O) groups is 1. The SMILES string of the molecule is O=C(O)c1ccccn1.[Ir].[c-]1c(-c2nccc3occc23)ccc2ccccc12.[c-]1c(-c2nccc3occc23)ccc2ccccc12. The quantitative estimate of drug-likeness (QED) is 0.178. The van der Waals surface area contributed by atoms with Crippen molar-refractivity contribution in [2.75, 3.05) is 0 Å². The number of aromatic carboxylic acids is 1. The molecule has 0 aliphatic heterocycles. The van der Waals surface area contributed by atoms with Crippen molar-refractivity contribution >= 4 is 49.5 Å². The Bertz CT molecular complexity index is 2320. The fourth-order valence-electron chi connectivity index (χ4n) is 5.22. The molecule has 0 saturated carbocycles. The van der Waals surface area contributed by atoms with E-state index in [4.69, 9.17) is 13.9 Å². The summed E-state index contributed by atoms with van der Waals surface area (Å²) in [5, 5.41) is 14.9. The van der Waals surface area contributed by atoms with Crippen molar-refractivity contribution in [1.82, 2.24) is 15.0 Å². The molecule has 9 rings (SSSR count). The molecule has 0 saturated heterocycles. The fourth-order valence-corrected chi connectivity index (χ4v) is 5.22. The normalized spacial score (nSPS) is 10.5. The van der Waals surface area contributed by atoms with Gasteiger partial charge in [0.25, 0.3) is 0 Å². The van der Waals surface area contributed by atoms with E-state index in [1.165, 1.54) is 23.0 Å². The van der Waals surface area contributed by atoms with Crippen LogP contribution >= 0.6 is 0 Å². The van der Waals surface area contributed by atoms with E-state index in [1.54, 1.807) is 37.1 Å². The van der Waals surface area contributed by atoms with Gasteiger partial charge in [0.15, 0.2) is 0 Å². The number of carboxylic acids is 1. The number of hydrogen-bond donors (Lipinski definition) is 1. The molecule has 0 amide bonds. The van der Waals surface area contributed by atoms with Crippen molar-refractivity contribution in [3.05, 3.63) is 164 Å². The Morgan fingerprint density at radius 3 is 1.50 bits per heavy atom. The predicted molar refractivity (Wildman–Crippen MR) is 183 cm³/mol. The Morgan fingerprint density at radius 1 is 0.542 bits per heavy atom. The topological polar surface area (TPSA) is 102 Å². The number of aromatic nitrogens is 3. The molecule has 0 atom stereocenters. The third-order valence-electron chi connectivity index (χ3n) is 7.47. The molecule has 4 aromatic carbocycles. The van der Waals surface area contributed by atoms with Crippen molar-refractivity contribution in [2.24, 2.45) is 0 Å². The smallest absolute Gasteiger partial charge is 0.354 e. The summed E-state index contributed by atoms with van der Waals surface area (Å²) in [6.45, 7) is 0. The molecular formula is C40H25IrN3O4-2. The van der Waals surface area contributed by atoms with Gasteiger partial charge in [-0.05, 0) is 36.4 Å². The number of carboxylic acid groups (broad SMARTS) is 1. The van der Waals surface area contributed by atoms with Crippen molar-refractivity contribution < 1.29 is 38.8 Å². The molecule has 5 aromatic heterocycles. The van der Waals surface area contributed by atoms with Gasteiger partial charge >= 0.3 is 5.97 Å². The van der Waals surface area contributed by atoms with Gasteiger partial charge in [0.2, 0.25) is 0 Å². The van der Waals surface area contributed by atoms with Crippen molar-refractivity contribution in [3.8, 4) is 22.5 Å². The number of pyridine rings is 3. The summed E-state index contributed by atoms with van der Waals surface area (Å²) in [5.41, 5.74) is 5.60. The van der Waals surface area contributed by atoms with E-state index in [2.05, 4.69) is 75.6 Å². The Morgan fingerprint density at radius 2 is 1.04 bits per heavy atom.